The first-order valence-electron chi connectivity index (χ1n) is 9.02. The van der Waals surface area contributed by atoms with Gasteiger partial charge in [-0.1, -0.05) is 0 Å². The fraction of sp³-hybridized carbons (Fsp3) is 0.588. The van der Waals surface area contributed by atoms with Crippen LogP contribution in [0.2, 0.25) is 0 Å². The third kappa shape index (κ3) is 2.87. The predicted octanol–water partition coefficient (Wildman–Crippen LogP) is 0.896. The highest BCUT2D eigenvalue weighted by Gasteiger charge is 2.41. The van der Waals surface area contributed by atoms with Gasteiger partial charge in [0.2, 0.25) is 17.8 Å². The molecule has 26 heavy (non-hydrogen) atoms. The Kier molecular flexibility index (Phi) is 4.21. The summed E-state index contributed by atoms with van der Waals surface area (Å²) >= 11 is 0. The molecule has 9 heteroatoms. The maximum absolute atomic E-state index is 13.0. The molecule has 0 bridgehead atoms. The monoisotopic (exact) mass is 357 g/mol. The zero-order valence-electron chi connectivity index (χ0n) is 15.1. The largest absolute Gasteiger partial charge is 0.336 e. The summed E-state index contributed by atoms with van der Waals surface area (Å²) in [5, 5.41) is 7.26. The molecule has 0 aliphatic carbocycles. The highest BCUT2D eigenvalue weighted by molar-refractivity contribution is 5.93. The van der Waals surface area contributed by atoms with E-state index < -0.39 is 6.04 Å². The van der Waals surface area contributed by atoms with E-state index in [1.165, 1.54) is 0 Å². The normalized spacial score (nSPS) is 23.0. The summed E-state index contributed by atoms with van der Waals surface area (Å²) in [7, 11) is 3.60. The zero-order valence-corrected chi connectivity index (χ0v) is 15.1. The number of anilines is 1. The van der Waals surface area contributed by atoms with Gasteiger partial charge in [-0.3, -0.25) is 14.9 Å². The van der Waals surface area contributed by atoms with E-state index in [0.29, 0.717) is 24.6 Å². The van der Waals surface area contributed by atoms with Gasteiger partial charge in [-0.25, -0.2) is 9.67 Å². The average Bonchev–Trinajstić information content (AvgIpc) is 3.22. The average molecular weight is 357 g/mol. The number of aryl methyl sites for hydroxylation is 3. The predicted molar refractivity (Wildman–Crippen MR) is 93.0 cm³/mol. The SMILES string of the molecule is CN1C(=O)CC[C@H](C(=O)Nc2nc3n(n2)CCCC3)[C@H]1c1nccn1C. The van der Waals surface area contributed by atoms with Crippen LogP contribution in [-0.2, 0) is 29.6 Å². The molecule has 1 saturated heterocycles. The maximum atomic E-state index is 13.0. The Morgan fingerprint density at radius 2 is 2.12 bits per heavy atom. The van der Waals surface area contributed by atoms with Crippen LogP contribution in [0.5, 0.6) is 0 Å². The van der Waals surface area contributed by atoms with E-state index >= 15 is 0 Å². The number of hydrogen-bond acceptors (Lipinski definition) is 5. The highest BCUT2D eigenvalue weighted by Crippen LogP contribution is 2.35. The van der Waals surface area contributed by atoms with Crippen molar-refractivity contribution in [2.75, 3.05) is 12.4 Å². The van der Waals surface area contributed by atoms with Crippen molar-refractivity contribution in [3.63, 3.8) is 0 Å². The minimum atomic E-state index is -0.395. The molecule has 2 amide bonds. The minimum Gasteiger partial charge on any atom is -0.336 e. The van der Waals surface area contributed by atoms with Crippen molar-refractivity contribution in [1.82, 2.24) is 29.2 Å². The van der Waals surface area contributed by atoms with Crippen molar-refractivity contribution in [2.45, 2.75) is 44.7 Å². The lowest BCUT2D eigenvalue weighted by molar-refractivity contribution is -0.140. The molecule has 0 aromatic carbocycles. The van der Waals surface area contributed by atoms with E-state index in [9.17, 15) is 9.59 Å². The van der Waals surface area contributed by atoms with Gasteiger partial charge < -0.3 is 9.47 Å². The standard InChI is InChI=1S/C17H23N7O2/c1-22-10-8-18-15(22)14-11(6-7-13(25)23(14)2)16(26)20-17-19-12-5-3-4-9-24(12)21-17/h8,10-11,14H,3-7,9H2,1-2H3,(H,20,21,26)/t11-,14-/m0/s1. The van der Waals surface area contributed by atoms with Gasteiger partial charge >= 0.3 is 0 Å². The number of hydrogen-bond donors (Lipinski definition) is 1. The molecule has 0 spiro atoms. The quantitative estimate of drug-likeness (QED) is 0.880. The van der Waals surface area contributed by atoms with Crippen molar-refractivity contribution in [3.8, 4) is 0 Å². The van der Waals surface area contributed by atoms with Gasteiger partial charge in [0.15, 0.2) is 0 Å². The van der Waals surface area contributed by atoms with Gasteiger partial charge in [0.1, 0.15) is 17.7 Å². The van der Waals surface area contributed by atoms with Crippen LogP contribution in [0.15, 0.2) is 12.4 Å². The second kappa shape index (κ2) is 6.54. The second-order valence-corrected chi connectivity index (χ2v) is 7.01. The Bertz CT molecular complexity index is 817. The number of imidazole rings is 1. The first-order chi connectivity index (χ1) is 12.5. The zero-order chi connectivity index (χ0) is 18.3. The Balaban J connectivity index is 1.57. The van der Waals surface area contributed by atoms with Crippen molar-refractivity contribution in [2.24, 2.45) is 13.0 Å². The van der Waals surface area contributed by atoms with Gasteiger partial charge in [0.25, 0.3) is 0 Å². The fourth-order valence-electron chi connectivity index (χ4n) is 3.87. The highest BCUT2D eigenvalue weighted by atomic mass is 16.2. The minimum absolute atomic E-state index is 0.0256. The molecule has 1 N–H and O–H groups in total. The Hall–Kier alpha value is -2.71. The van der Waals surface area contributed by atoms with E-state index in [2.05, 4.69) is 20.4 Å². The molecule has 4 rings (SSSR count). The first kappa shape index (κ1) is 16.7. The second-order valence-electron chi connectivity index (χ2n) is 7.01. The maximum Gasteiger partial charge on any atom is 0.248 e. The molecule has 0 saturated carbocycles. The Morgan fingerprint density at radius 1 is 1.27 bits per heavy atom. The number of fused-ring (bicyclic) bond motifs is 1. The van der Waals surface area contributed by atoms with Crippen LogP contribution in [0.3, 0.4) is 0 Å². The molecule has 2 aromatic heterocycles. The van der Waals surface area contributed by atoms with Crippen molar-refractivity contribution >= 4 is 17.8 Å². The summed E-state index contributed by atoms with van der Waals surface area (Å²) in [5.41, 5.74) is 0. The van der Waals surface area contributed by atoms with Gasteiger partial charge in [0.05, 0.1) is 5.92 Å². The van der Waals surface area contributed by atoms with Crippen molar-refractivity contribution in [1.29, 1.82) is 0 Å². The lowest BCUT2D eigenvalue weighted by Crippen LogP contribution is -2.45. The molecular formula is C17H23N7O2. The summed E-state index contributed by atoms with van der Waals surface area (Å²) < 4.78 is 3.72. The van der Waals surface area contributed by atoms with E-state index in [0.717, 1.165) is 31.6 Å². The number of aromatic nitrogens is 5. The van der Waals surface area contributed by atoms with E-state index in [1.54, 1.807) is 18.1 Å². The molecule has 2 aliphatic rings. The van der Waals surface area contributed by atoms with E-state index in [1.807, 2.05) is 22.5 Å². The van der Waals surface area contributed by atoms with Crippen LogP contribution < -0.4 is 5.32 Å². The van der Waals surface area contributed by atoms with Crippen LogP contribution in [0.25, 0.3) is 0 Å². The van der Waals surface area contributed by atoms with Crippen LogP contribution in [-0.4, -0.2) is 48.1 Å². The Labute approximate surface area is 151 Å². The lowest BCUT2D eigenvalue weighted by Gasteiger charge is -2.37. The van der Waals surface area contributed by atoms with Gasteiger partial charge in [-0.05, 0) is 19.3 Å². The van der Waals surface area contributed by atoms with E-state index in [-0.39, 0.29) is 17.7 Å². The molecule has 2 atom stereocenters. The molecule has 9 nitrogen and oxygen atoms in total. The molecular weight excluding hydrogens is 334 g/mol. The van der Waals surface area contributed by atoms with Crippen LogP contribution in [0, 0.1) is 5.92 Å². The molecule has 0 unspecified atom stereocenters. The molecule has 138 valence electrons. The number of piperidine rings is 1. The van der Waals surface area contributed by atoms with Gasteiger partial charge in [0, 0.05) is 45.9 Å². The summed E-state index contributed by atoms with van der Waals surface area (Å²) in [6.07, 6.45) is 7.41. The van der Waals surface area contributed by atoms with Gasteiger partial charge in [-0.2, -0.15) is 4.98 Å². The smallest absolute Gasteiger partial charge is 0.248 e. The number of nitrogens with zero attached hydrogens (tertiary/aromatic N) is 6. The number of likely N-dealkylation sites (tertiary alicyclic amines) is 1. The lowest BCUT2D eigenvalue weighted by atomic mass is 9.87. The molecule has 2 aliphatic heterocycles. The molecule has 2 aromatic rings. The summed E-state index contributed by atoms with van der Waals surface area (Å²) in [5.74, 6) is 1.45. The summed E-state index contributed by atoms with van der Waals surface area (Å²) in [6, 6.07) is -0.395. The first-order valence-corrected chi connectivity index (χ1v) is 9.02. The van der Waals surface area contributed by atoms with Gasteiger partial charge in [-0.15, -0.1) is 5.10 Å². The number of rotatable bonds is 3. The number of amides is 2. The fourth-order valence-corrected chi connectivity index (χ4v) is 3.87. The molecule has 1 fully saturated rings. The number of carbonyl (C=O) groups excluding carboxylic acids is 2. The third-order valence-corrected chi connectivity index (χ3v) is 5.32. The van der Waals surface area contributed by atoms with Crippen LogP contribution in [0.4, 0.5) is 5.95 Å². The number of nitrogens with one attached hydrogen (secondary N) is 1. The van der Waals surface area contributed by atoms with E-state index in [4.69, 9.17) is 0 Å². The molecule has 4 heterocycles. The van der Waals surface area contributed by atoms with Crippen molar-refractivity contribution < 1.29 is 9.59 Å². The topological polar surface area (TPSA) is 97.9 Å². The summed E-state index contributed by atoms with van der Waals surface area (Å²) in [4.78, 5) is 35.6. The molecule has 0 radical (unpaired) electrons. The van der Waals surface area contributed by atoms with Crippen molar-refractivity contribution in [3.05, 3.63) is 24.0 Å². The Morgan fingerprint density at radius 3 is 2.85 bits per heavy atom. The van der Waals surface area contributed by atoms with Crippen LogP contribution in [0.1, 0.15) is 43.4 Å². The number of carbonyl (C=O) groups is 2. The third-order valence-electron chi connectivity index (χ3n) is 5.32. The summed E-state index contributed by atoms with van der Waals surface area (Å²) in [6.45, 7) is 0.842. The van der Waals surface area contributed by atoms with Crippen LogP contribution >= 0.6 is 0 Å².